The molecule has 1 heterocycles. The van der Waals surface area contributed by atoms with Crippen LogP contribution in [0.2, 0.25) is 10.0 Å². The van der Waals surface area contributed by atoms with Crippen LogP contribution < -0.4 is 4.72 Å². The van der Waals surface area contributed by atoms with E-state index in [4.69, 9.17) is 23.2 Å². The molecule has 0 aliphatic rings. The quantitative estimate of drug-likeness (QED) is 0.665. The summed E-state index contributed by atoms with van der Waals surface area (Å²) in [7, 11) is -3.52. The number of rotatable bonds is 6. The number of halogens is 2. The number of nitrogens with one attached hydrogen (secondary N) is 1. The Balaban J connectivity index is 1.65. The Hall–Kier alpha value is -1.86. The van der Waals surface area contributed by atoms with Gasteiger partial charge in [-0.3, -0.25) is 0 Å². The van der Waals surface area contributed by atoms with Crippen LogP contribution in [-0.2, 0) is 22.3 Å². The summed E-state index contributed by atoms with van der Waals surface area (Å²) in [6.07, 6.45) is 3.61. The van der Waals surface area contributed by atoms with Gasteiger partial charge in [0.1, 0.15) is 5.82 Å². The lowest BCUT2D eigenvalue weighted by Crippen LogP contribution is -2.24. The molecule has 0 unspecified atom stereocenters. The van der Waals surface area contributed by atoms with Crippen molar-refractivity contribution in [2.45, 2.75) is 19.2 Å². The number of hydrogen-bond donors (Lipinski definition) is 1. The van der Waals surface area contributed by atoms with Gasteiger partial charge in [-0.05, 0) is 42.3 Å². The van der Waals surface area contributed by atoms with Crippen molar-refractivity contribution in [3.63, 3.8) is 0 Å². The smallest absolute Gasteiger partial charge is 0.216 e. The molecule has 8 heteroatoms. The van der Waals surface area contributed by atoms with Crippen LogP contribution in [0.4, 0.5) is 0 Å². The van der Waals surface area contributed by atoms with Crippen LogP contribution in [0.5, 0.6) is 0 Å². The number of sulfonamides is 1. The fourth-order valence-electron chi connectivity index (χ4n) is 2.51. The molecule has 2 aromatic carbocycles. The van der Waals surface area contributed by atoms with Crippen LogP contribution in [0.25, 0.3) is 5.69 Å². The van der Waals surface area contributed by atoms with Crippen molar-refractivity contribution in [3.8, 4) is 5.69 Å². The van der Waals surface area contributed by atoms with Crippen molar-refractivity contribution in [1.29, 1.82) is 0 Å². The van der Waals surface area contributed by atoms with E-state index in [1.807, 2.05) is 42.0 Å². The third-order valence-electron chi connectivity index (χ3n) is 3.90. The van der Waals surface area contributed by atoms with Crippen LogP contribution in [0.15, 0.2) is 54.9 Å². The van der Waals surface area contributed by atoms with Crippen molar-refractivity contribution in [2.24, 2.45) is 0 Å². The zero-order valence-corrected chi connectivity index (χ0v) is 16.3. The molecular formula is C18H17Cl2N3O2S. The summed E-state index contributed by atoms with van der Waals surface area (Å²) in [6, 6.07) is 12.4. The summed E-state index contributed by atoms with van der Waals surface area (Å²) >= 11 is 11.9. The maximum atomic E-state index is 12.3. The summed E-state index contributed by atoms with van der Waals surface area (Å²) in [6.45, 7) is 2.13. The van der Waals surface area contributed by atoms with Gasteiger partial charge in [0.15, 0.2) is 0 Å². The second-order valence-corrected chi connectivity index (χ2v) is 8.48. The molecule has 0 aliphatic carbocycles. The molecule has 1 N–H and O–H groups in total. The van der Waals surface area contributed by atoms with E-state index in [2.05, 4.69) is 9.71 Å². The zero-order chi connectivity index (χ0) is 18.7. The highest BCUT2D eigenvalue weighted by Gasteiger charge is 2.14. The molecule has 0 radical (unpaired) electrons. The minimum atomic E-state index is -3.52. The van der Waals surface area contributed by atoms with E-state index >= 15 is 0 Å². The van der Waals surface area contributed by atoms with Gasteiger partial charge in [-0.25, -0.2) is 18.1 Å². The molecule has 0 saturated heterocycles. The van der Waals surface area contributed by atoms with Crippen molar-refractivity contribution >= 4 is 33.2 Å². The van der Waals surface area contributed by atoms with E-state index in [9.17, 15) is 8.42 Å². The lowest BCUT2D eigenvalue weighted by molar-refractivity contribution is 0.580. The van der Waals surface area contributed by atoms with E-state index in [0.717, 1.165) is 17.1 Å². The molecule has 0 bridgehead atoms. The summed E-state index contributed by atoms with van der Waals surface area (Å²) in [5, 5.41) is 0.806. The number of benzene rings is 2. The van der Waals surface area contributed by atoms with Crippen molar-refractivity contribution < 1.29 is 8.42 Å². The molecular weight excluding hydrogens is 393 g/mol. The number of imidazole rings is 1. The van der Waals surface area contributed by atoms with Gasteiger partial charge in [-0.2, -0.15) is 0 Å². The molecule has 0 fully saturated rings. The first kappa shape index (κ1) is 18.9. The highest BCUT2D eigenvalue weighted by molar-refractivity contribution is 7.88. The van der Waals surface area contributed by atoms with Gasteiger partial charge in [-0.1, -0.05) is 41.4 Å². The molecule has 0 spiro atoms. The minimum Gasteiger partial charge on any atom is -0.304 e. The van der Waals surface area contributed by atoms with Gasteiger partial charge in [0.05, 0.1) is 5.75 Å². The maximum Gasteiger partial charge on any atom is 0.216 e. The van der Waals surface area contributed by atoms with Crippen LogP contribution in [0.1, 0.15) is 17.0 Å². The van der Waals surface area contributed by atoms with Crippen LogP contribution in [0.3, 0.4) is 0 Å². The second kappa shape index (κ2) is 7.80. The Labute approximate surface area is 162 Å². The van der Waals surface area contributed by atoms with Crippen molar-refractivity contribution in [3.05, 3.63) is 81.9 Å². The lowest BCUT2D eigenvalue weighted by Gasteiger charge is -2.10. The average Bonchev–Trinajstić information content (AvgIpc) is 3.02. The van der Waals surface area contributed by atoms with Gasteiger partial charge >= 0.3 is 0 Å². The Kier molecular flexibility index (Phi) is 5.67. The van der Waals surface area contributed by atoms with E-state index in [0.29, 0.717) is 15.6 Å². The monoisotopic (exact) mass is 409 g/mol. The number of aryl methyl sites for hydroxylation is 1. The Morgan fingerprint density at radius 3 is 2.46 bits per heavy atom. The summed E-state index contributed by atoms with van der Waals surface area (Å²) in [4.78, 5) is 4.19. The molecule has 136 valence electrons. The third-order valence-corrected chi connectivity index (χ3v) is 5.76. The highest BCUT2D eigenvalue weighted by Crippen LogP contribution is 2.22. The topological polar surface area (TPSA) is 64.0 Å². The van der Waals surface area contributed by atoms with E-state index in [-0.39, 0.29) is 12.3 Å². The third kappa shape index (κ3) is 4.65. The van der Waals surface area contributed by atoms with Gasteiger partial charge in [0.25, 0.3) is 0 Å². The molecule has 3 aromatic rings. The van der Waals surface area contributed by atoms with E-state index in [1.54, 1.807) is 18.3 Å². The maximum absolute atomic E-state index is 12.3. The first-order valence-corrected chi connectivity index (χ1v) is 10.3. The SMILES string of the molecule is Cc1nccn1-c1ccc(CNS(=O)(=O)Cc2ccc(Cl)cc2Cl)cc1. The molecule has 0 saturated carbocycles. The Morgan fingerprint density at radius 1 is 1.12 bits per heavy atom. The molecule has 1 aromatic heterocycles. The highest BCUT2D eigenvalue weighted by atomic mass is 35.5. The van der Waals surface area contributed by atoms with Crippen LogP contribution in [-0.4, -0.2) is 18.0 Å². The predicted octanol–water partition coefficient (Wildman–Crippen LogP) is 4.11. The Bertz CT molecular complexity index is 1020. The molecule has 0 aliphatic heterocycles. The molecule has 5 nitrogen and oxygen atoms in total. The second-order valence-electron chi connectivity index (χ2n) is 5.83. The summed E-state index contributed by atoms with van der Waals surface area (Å²) in [5.41, 5.74) is 2.34. The largest absolute Gasteiger partial charge is 0.304 e. The van der Waals surface area contributed by atoms with E-state index in [1.165, 1.54) is 6.07 Å². The molecule has 3 rings (SSSR count). The van der Waals surface area contributed by atoms with Gasteiger partial charge in [-0.15, -0.1) is 0 Å². The average molecular weight is 410 g/mol. The predicted molar refractivity (Wildman–Crippen MR) is 104 cm³/mol. The minimum absolute atomic E-state index is 0.199. The van der Waals surface area contributed by atoms with Crippen molar-refractivity contribution in [2.75, 3.05) is 0 Å². The number of hydrogen-bond acceptors (Lipinski definition) is 3. The normalized spacial score (nSPS) is 11.7. The summed E-state index contributed by atoms with van der Waals surface area (Å²) < 4.78 is 29.1. The zero-order valence-electron chi connectivity index (χ0n) is 14.0. The first-order chi connectivity index (χ1) is 12.3. The summed E-state index contributed by atoms with van der Waals surface area (Å²) in [5.74, 6) is 0.688. The molecule has 26 heavy (non-hydrogen) atoms. The van der Waals surface area contributed by atoms with E-state index < -0.39 is 10.0 Å². The van der Waals surface area contributed by atoms with Crippen LogP contribution in [0, 0.1) is 6.92 Å². The fraction of sp³-hybridized carbons (Fsp3) is 0.167. The molecule has 0 atom stereocenters. The lowest BCUT2D eigenvalue weighted by atomic mass is 10.2. The Morgan fingerprint density at radius 2 is 1.85 bits per heavy atom. The molecule has 0 amide bonds. The van der Waals surface area contributed by atoms with Crippen LogP contribution >= 0.6 is 23.2 Å². The standard InChI is InChI=1S/C18H17Cl2N3O2S/c1-13-21-8-9-23(13)17-6-2-14(3-7-17)11-22-26(24,25)12-15-4-5-16(19)10-18(15)20/h2-10,22H,11-12H2,1H3. The fourth-order valence-corrected chi connectivity index (χ4v) is 4.22. The number of nitrogens with zero attached hydrogens (tertiary/aromatic N) is 2. The first-order valence-electron chi connectivity index (χ1n) is 7.84. The number of aromatic nitrogens is 2. The van der Waals surface area contributed by atoms with Gasteiger partial charge < -0.3 is 4.57 Å². The van der Waals surface area contributed by atoms with Gasteiger partial charge in [0.2, 0.25) is 10.0 Å². The van der Waals surface area contributed by atoms with Crippen molar-refractivity contribution in [1.82, 2.24) is 14.3 Å². The van der Waals surface area contributed by atoms with Gasteiger partial charge in [0, 0.05) is 34.7 Å².